The van der Waals surface area contributed by atoms with Gasteiger partial charge in [0, 0.05) is 12.3 Å². The number of allylic oxidation sites excluding steroid dienone is 2. The van der Waals surface area contributed by atoms with Crippen LogP contribution in [0.3, 0.4) is 0 Å². The van der Waals surface area contributed by atoms with Crippen LogP contribution in [-0.2, 0) is 4.79 Å². The van der Waals surface area contributed by atoms with Crippen molar-refractivity contribution >= 4 is 5.78 Å². The molecule has 10 heavy (non-hydrogen) atoms. The molecule has 2 aliphatic carbocycles. The van der Waals surface area contributed by atoms with Crippen LogP contribution in [0.2, 0.25) is 0 Å². The highest BCUT2D eigenvalue weighted by Crippen LogP contribution is 2.52. The van der Waals surface area contributed by atoms with Gasteiger partial charge in [-0.15, -0.1) is 0 Å². The predicted octanol–water partition coefficient (Wildman–Crippen LogP) is 1.43. The fraction of sp³-hybridized carbons (Fsp3) is 0.625. The maximum absolute atomic E-state index is 11.1. The lowest BCUT2D eigenvalue weighted by atomic mass is 9.69. The average Bonchev–Trinajstić information content (AvgIpc) is 2.06. The van der Waals surface area contributed by atoms with E-state index in [2.05, 4.69) is 0 Å². The van der Waals surface area contributed by atoms with E-state index in [-0.39, 0.29) is 17.1 Å². The number of carbonyl (C=O) groups is 1. The molecule has 0 aromatic heterocycles. The van der Waals surface area contributed by atoms with E-state index in [4.69, 9.17) is 5.11 Å². The number of rotatable bonds is 0. The Labute approximate surface area is 59.5 Å². The number of aliphatic hydroxyl groups is 1. The molecule has 0 aromatic carbocycles. The van der Waals surface area contributed by atoms with Crippen molar-refractivity contribution in [3.8, 4) is 0 Å². The molecule has 0 saturated heterocycles. The highest BCUT2D eigenvalue weighted by Gasteiger charge is 2.52. The Morgan fingerprint density at radius 1 is 1.80 bits per heavy atom. The Hall–Kier alpha value is -0.790. The molecular formula is C8H10O2. The van der Waals surface area contributed by atoms with Gasteiger partial charge < -0.3 is 5.11 Å². The summed E-state index contributed by atoms with van der Waals surface area (Å²) in [5.74, 6) is 0.864. The number of hydrogen-bond acceptors (Lipinski definition) is 2. The van der Waals surface area contributed by atoms with Crippen molar-refractivity contribution < 1.29 is 9.90 Å². The normalized spacial score (nSPS) is 44.3. The quantitative estimate of drug-likeness (QED) is 0.549. The third kappa shape index (κ3) is 0.437. The van der Waals surface area contributed by atoms with E-state index in [1.807, 2.05) is 6.92 Å². The predicted molar refractivity (Wildman–Crippen MR) is 36.5 cm³/mol. The van der Waals surface area contributed by atoms with Crippen LogP contribution >= 0.6 is 0 Å². The zero-order valence-electron chi connectivity index (χ0n) is 5.92. The molecule has 2 unspecified atom stereocenters. The largest absolute Gasteiger partial charge is 0.512 e. The van der Waals surface area contributed by atoms with Crippen LogP contribution in [-0.4, -0.2) is 10.9 Å². The van der Waals surface area contributed by atoms with Gasteiger partial charge >= 0.3 is 0 Å². The standard InChI is InChI=1S/C8H10O2/c1-8-4-6(9)5(8)2-3-7(8)10/h4-5,9H,2-3H2,1H3. The molecule has 1 fully saturated rings. The molecular weight excluding hydrogens is 128 g/mol. The van der Waals surface area contributed by atoms with Crippen LogP contribution < -0.4 is 0 Å². The van der Waals surface area contributed by atoms with Gasteiger partial charge in [-0.25, -0.2) is 0 Å². The smallest absolute Gasteiger partial charge is 0.143 e. The van der Waals surface area contributed by atoms with Crippen LogP contribution in [0.5, 0.6) is 0 Å². The Morgan fingerprint density at radius 3 is 2.90 bits per heavy atom. The van der Waals surface area contributed by atoms with E-state index in [9.17, 15) is 4.79 Å². The topological polar surface area (TPSA) is 37.3 Å². The highest BCUT2D eigenvalue weighted by molar-refractivity contribution is 5.91. The van der Waals surface area contributed by atoms with E-state index < -0.39 is 0 Å². The van der Waals surface area contributed by atoms with Gasteiger partial charge in [-0.05, 0) is 19.4 Å². The van der Waals surface area contributed by atoms with Gasteiger partial charge in [-0.1, -0.05) is 0 Å². The fourth-order valence-corrected chi connectivity index (χ4v) is 1.99. The number of Topliss-reactive ketones (excluding diaryl/α,β-unsaturated/α-hetero) is 1. The minimum atomic E-state index is -0.288. The molecule has 0 bridgehead atoms. The molecule has 0 aliphatic heterocycles. The number of hydrogen-bond donors (Lipinski definition) is 1. The first-order chi connectivity index (χ1) is 4.64. The van der Waals surface area contributed by atoms with Gasteiger partial charge in [0.15, 0.2) is 0 Å². The number of carbonyl (C=O) groups excluding carboxylic acids is 1. The summed E-state index contributed by atoms with van der Waals surface area (Å²) in [6, 6.07) is 0. The van der Waals surface area contributed by atoms with Gasteiger partial charge in [0.2, 0.25) is 0 Å². The van der Waals surface area contributed by atoms with Crippen molar-refractivity contribution in [1.82, 2.24) is 0 Å². The van der Waals surface area contributed by atoms with E-state index >= 15 is 0 Å². The SMILES string of the molecule is CC12C=C(O)C1CCC2=O. The van der Waals surface area contributed by atoms with Gasteiger partial charge in [0.1, 0.15) is 5.78 Å². The lowest BCUT2D eigenvalue weighted by Gasteiger charge is -2.35. The lowest BCUT2D eigenvalue weighted by Crippen LogP contribution is -2.36. The molecule has 2 aliphatic rings. The van der Waals surface area contributed by atoms with Crippen molar-refractivity contribution in [3.05, 3.63) is 11.8 Å². The fourth-order valence-electron chi connectivity index (χ4n) is 1.99. The Bertz CT molecular complexity index is 229. The maximum atomic E-state index is 11.1. The Kier molecular flexibility index (Phi) is 0.858. The summed E-state index contributed by atoms with van der Waals surface area (Å²) in [6.07, 6.45) is 3.17. The third-order valence-corrected chi connectivity index (χ3v) is 2.79. The van der Waals surface area contributed by atoms with Crippen LogP contribution in [0.1, 0.15) is 19.8 Å². The second-order valence-corrected chi connectivity index (χ2v) is 3.37. The molecule has 1 N–H and O–H groups in total. The van der Waals surface area contributed by atoms with E-state index in [1.54, 1.807) is 6.08 Å². The van der Waals surface area contributed by atoms with Gasteiger partial charge in [0.25, 0.3) is 0 Å². The molecule has 0 heterocycles. The molecule has 0 spiro atoms. The van der Waals surface area contributed by atoms with Crippen molar-refractivity contribution in [1.29, 1.82) is 0 Å². The lowest BCUT2D eigenvalue weighted by molar-refractivity contribution is -0.125. The van der Waals surface area contributed by atoms with Crippen LogP contribution in [0.25, 0.3) is 0 Å². The highest BCUT2D eigenvalue weighted by atomic mass is 16.3. The minimum absolute atomic E-state index is 0.153. The van der Waals surface area contributed by atoms with Crippen molar-refractivity contribution in [2.75, 3.05) is 0 Å². The van der Waals surface area contributed by atoms with Crippen LogP contribution in [0, 0.1) is 11.3 Å². The molecule has 0 radical (unpaired) electrons. The van der Waals surface area contributed by atoms with Crippen molar-refractivity contribution in [3.63, 3.8) is 0 Å². The first kappa shape index (κ1) is 5.96. The van der Waals surface area contributed by atoms with Crippen molar-refractivity contribution in [2.45, 2.75) is 19.8 Å². The van der Waals surface area contributed by atoms with E-state index in [1.165, 1.54) is 0 Å². The summed E-state index contributed by atoms with van der Waals surface area (Å²) in [5.41, 5.74) is -0.288. The second kappa shape index (κ2) is 1.44. The molecule has 1 saturated carbocycles. The van der Waals surface area contributed by atoms with E-state index in [0.29, 0.717) is 12.2 Å². The minimum Gasteiger partial charge on any atom is -0.512 e. The Balaban J connectivity index is 2.39. The van der Waals surface area contributed by atoms with Gasteiger partial charge in [0.05, 0.1) is 11.2 Å². The maximum Gasteiger partial charge on any atom is 0.143 e. The van der Waals surface area contributed by atoms with E-state index in [0.717, 1.165) is 6.42 Å². The summed E-state index contributed by atoms with van der Waals surface area (Å²) >= 11 is 0. The molecule has 2 nitrogen and oxygen atoms in total. The molecule has 0 aromatic rings. The third-order valence-electron chi connectivity index (χ3n) is 2.79. The van der Waals surface area contributed by atoms with Gasteiger partial charge in [-0.2, -0.15) is 0 Å². The molecule has 2 heteroatoms. The zero-order valence-corrected chi connectivity index (χ0v) is 5.92. The first-order valence-electron chi connectivity index (χ1n) is 3.59. The summed E-state index contributed by atoms with van der Waals surface area (Å²) in [7, 11) is 0. The zero-order chi connectivity index (χ0) is 7.35. The molecule has 2 atom stereocenters. The van der Waals surface area contributed by atoms with Crippen molar-refractivity contribution in [2.24, 2.45) is 11.3 Å². The number of aliphatic hydroxyl groups excluding tert-OH is 1. The summed E-state index contributed by atoms with van der Waals surface area (Å²) in [6.45, 7) is 1.91. The first-order valence-corrected chi connectivity index (χ1v) is 3.59. The molecule has 2 rings (SSSR count). The van der Waals surface area contributed by atoms with Crippen LogP contribution in [0.4, 0.5) is 0 Å². The van der Waals surface area contributed by atoms with Gasteiger partial charge in [-0.3, -0.25) is 4.79 Å². The molecule has 0 amide bonds. The number of fused-ring (bicyclic) bond motifs is 1. The summed E-state index contributed by atoms with van der Waals surface area (Å²) in [4.78, 5) is 11.1. The molecule has 54 valence electrons. The summed E-state index contributed by atoms with van der Waals surface area (Å²) < 4.78 is 0. The average molecular weight is 138 g/mol. The summed E-state index contributed by atoms with van der Waals surface area (Å²) in [5, 5.41) is 9.11. The monoisotopic (exact) mass is 138 g/mol. The number of ketones is 1. The Morgan fingerprint density at radius 2 is 2.50 bits per heavy atom. The second-order valence-electron chi connectivity index (χ2n) is 3.37. The van der Waals surface area contributed by atoms with Crippen LogP contribution in [0.15, 0.2) is 11.8 Å².